The number of methoxy groups -OCH3 is 1. The van der Waals surface area contributed by atoms with Crippen molar-refractivity contribution >= 4 is 21.9 Å². The van der Waals surface area contributed by atoms with Gasteiger partial charge in [0.25, 0.3) is 0 Å². The molecule has 5 atom stereocenters. The van der Waals surface area contributed by atoms with Crippen LogP contribution in [0.25, 0.3) is 21.9 Å². The fourth-order valence-electron chi connectivity index (χ4n) is 3.41. The molecule has 1 aliphatic heterocycles. The number of hydrogen-bond acceptors (Lipinski definition) is 10. The van der Waals surface area contributed by atoms with Crippen LogP contribution in [0.5, 0.6) is 5.75 Å². The van der Waals surface area contributed by atoms with Crippen molar-refractivity contribution < 1.29 is 43.5 Å². The molecule has 0 aliphatic carbocycles. The van der Waals surface area contributed by atoms with Crippen molar-refractivity contribution in [3.63, 3.8) is 0 Å². The molecule has 0 amide bonds. The van der Waals surface area contributed by atoms with Gasteiger partial charge in [0.15, 0.2) is 11.7 Å². The first-order chi connectivity index (χ1) is 13.9. The van der Waals surface area contributed by atoms with Gasteiger partial charge < -0.3 is 43.5 Å². The Balaban J connectivity index is 1.62. The SMILES string of the molecule is COc1c2ccoc2cc2oc(CO[C@@H]3O[C@H](CO)[C@@H](O)[C@@H](O)[C@H]3O)cc(=O)c12. The number of aliphatic hydroxyl groups is 4. The van der Waals surface area contributed by atoms with Crippen molar-refractivity contribution in [2.24, 2.45) is 0 Å². The minimum absolute atomic E-state index is 0.132. The van der Waals surface area contributed by atoms with E-state index in [0.717, 1.165) is 0 Å². The Hall–Kier alpha value is -2.47. The molecule has 4 rings (SSSR count). The number of benzene rings is 1. The monoisotopic (exact) mass is 408 g/mol. The van der Waals surface area contributed by atoms with Gasteiger partial charge in [-0.3, -0.25) is 4.79 Å². The van der Waals surface area contributed by atoms with E-state index in [2.05, 4.69) is 0 Å². The lowest BCUT2D eigenvalue weighted by molar-refractivity contribution is -0.304. The van der Waals surface area contributed by atoms with Crippen molar-refractivity contribution in [3.8, 4) is 5.75 Å². The molecule has 1 aliphatic rings. The highest BCUT2D eigenvalue weighted by atomic mass is 16.7. The molecule has 10 nitrogen and oxygen atoms in total. The number of ether oxygens (including phenoxy) is 3. The third-order valence-electron chi connectivity index (χ3n) is 4.90. The Morgan fingerprint density at radius 1 is 1.10 bits per heavy atom. The smallest absolute Gasteiger partial charge is 0.196 e. The fraction of sp³-hybridized carbons (Fsp3) is 0.421. The maximum Gasteiger partial charge on any atom is 0.196 e. The minimum Gasteiger partial charge on any atom is -0.495 e. The van der Waals surface area contributed by atoms with Crippen LogP contribution >= 0.6 is 0 Å². The van der Waals surface area contributed by atoms with E-state index in [0.29, 0.717) is 16.7 Å². The lowest BCUT2D eigenvalue weighted by Gasteiger charge is -2.39. The van der Waals surface area contributed by atoms with Gasteiger partial charge in [0.1, 0.15) is 59.1 Å². The third kappa shape index (κ3) is 3.39. The van der Waals surface area contributed by atoms with Crippen LogP contribution < -0.4 is 10.2 Å². The second-order valence-corrected chi connectivity index (χ2v) is 6.70. The summed E-state index contributed by atoms with van der Waals surface area (Å²) in [5.74, 6) is 0.467. The summed E-state index contributed by atoms with van der Waals surface area (Å²) >= 11 is 0. The summed E-state index contributed by atoms with van der Waals surface area (Å²) in [4.78, 5) is 12.6. The standard InChI is InChI=1S/C19H20O10/c1-25-18-9-2-3-26-11(9)5-12-14(18)10(21)4-8(28-12)7-27-19-17(24)16(23)15(22)13(6-20)29-19/h2-5,13,15-17,19-20,22-24H,6-7H2,1H3/t13-,15-,16-,17-,19-/m1/s1. The molecule has 10 heteroatoms. The summed E-state index contributed by atoms with van der Waals surface area (Å²) < 4.78 is 27.1. The van der Waals surface area contributed by atoms with Gasteiger partial charge in [0.2, 0.25) is 0 Å². The largest absolute Gasteiger partial charge is 0.495 e. The molecule has 3 heterocycles. The van der Waals surface area contributed by atoms with Gasteiger partial charge in [-0.05, 0) is 6.07 Å². The van der Waals surface area contributed by atoms with Crippen LogP contribution in [-0.4, -0.2) is 64.8 Å². The van der Waals surface area contributed by atoms with E-state index in [4.69, 9.17) is 23.0 Å². The van der Waals surface area contributed by atoms with Crippen LogP contribution in [0, 0.1) is 0 Å². The molecule has 0 unspecified atom stereocenters. The van der Waals surface area contributed by atoms with Gasteiger partial charge in [0, 0.05) is 12.1 Å². The quantitative estimate of drug-likeness (QED) is 0.449. The summed E-state index contributed by atoms with van der Waals surface area (Å²) in [6.07, 6.45) is -5.57. The Morgan fingerprint density at radius 3 is 2.62 bits per heavy atom. The average molecular weight is 408 g/mol. The molecule has 0 spiro atoms. The van der Waals surface area contributed by atoms with Crippen LogP contribution in [0.1, 0.15) is 5.76 Å². The van der Waals surface area contributed by atoms with Crippen molar-refractivity contribution in [2.45, 2.75) is 37.3 Å². The highest BCUT2D eigenvalue weighted by Crippen LogP contribution is 2.34. The van der Waals surface area contributed by atoms with E-state index in [1.807, 2.05) is 0 Å². The van der Waals surface area contributed by atoms with Gasteiger partial charge in [-0.25, -0.2) is 0 Å². The molecule has 0 saturated carbocycles. The number of hydrogen-bond donors (Lipinski definition) is 4. The first-order valence-corrected chi connectivity index (χ1v) is 8.87. The van der Waals surface area contributed by atoms with Gasteiger partial charge >= 0.3 is 0 Å². The van der Waals surface area contributed by atoms with E-state index in [1.165, 1.54) is 19.4 Å². The zero-order chi connectivity index (χ0) is 20.7. The van der Waals surface area contributed by atoms with Crippen molar-refractivity contribution in [1.29, 1.82) is 0 Å². The zero-order valence-corrected chi connectivity index (χ0v) is 15.3. The summed E-state index contributed by atoms with van der Waals surface area (Å²) in [7, 11) is 1.44. The van der Waals surface area contributed by atoms with E-state index in [9.17, 15) is 25.2 Å². The molecule has 1 saturated heterocycles. The molecule has 1 aromatic carbocycles. The number of fused-ring (bicyclic) bond motifs is 2. The Labute approximate surface area is 163 Å². The number of rotatable bonds is 5. The summed E-state index contributed by atoms with van der Waals surface area (Å²) in [5.41, 5.74) is 0.340. The second-order valence-electron chi connectivity index (χ2n) is 6.70. The van der Waals surface area contributed by atoms with Gasteiger partial charge in [-0.2, -0.15) is 0 Å². The summed E-state index contributed by atoms with van der Waals surface area (Å²) in [6, 6.07) is 4.47. The Bertz CT molecular complexity index is 1070. The van der Waals surface area contributed by atoms with Crippen LogP contribution in [-0.2, 0) is 16.1 Å². The predicted octanol–water partition coefficient (Wildman–Crippen LogP) is -0.136. The second kappa shape index (κ2) is 7.75. The molecule has 0 radical (unpaired) electrons. The van der Waals surface area contributed by atoms with Crippen LogP contribution in [0.3, 0.4) is 0 Å². The van der Waals surface area contributed by atoms with Gasteiger partial charge in [-0.15, -0.1) is 0 Å². The van der Waals surface area contributed by atoms with Crippen molar-refractivity contribution in [1.82, 2.24) is 0 Å². The number of furan rings is 1. The van der Waals surface area contributed by atoms with Crippen LogP contribution in [0.2, 0.25) is 0 Å². The molecule has 4 N–H and O–H groups in total. The lowest BCUT2D eigenvalue weighted by Crippen LogP contribution is -2.59. The number of aliphatic hydroxyl groups excluding tert-OH is 4. The molecule has 3 aromatic rings. The first-order valence-electron chi connectivity index (χ1n) is 8.87. The van der Waals surface area contributed by atoms with Gasteiger partial charge in [-0.1, -0.05) is 0 Å². The molecule has 156 valence electrons. The van der Waals surface area contributed by atoms with E-state index in [-0.39, 0.29) is 28.8 Å². The van der Waals surface area contributed by atoms with E-state index >= 15 is 0 Å². The zero-order valence-electron chi connectivity index (χ0n) is 15.3. The normalized spacial score (nSPS) is 27.6. The average Bonchev–Trinajstić information content (AvgIpc) is 3.18. The fourth-order valence-corrected chi connectivity index (χ4v) is 3.41. The molecular weight excluding hydrogens is 388 g/mol. The van der Waals surface area contributed by atoms with E-state index in [1.54, 1.807) is 12.1 Å². The van der Waals surface area contributed by atoms with Crippen LogP contribution in [0.15, 0.2) is 38.1 Å². The molecule has 29 heavy (non-hydrogen) atoms. The Kier molecular flexibility index (Phi) is 5.30. The van der Waals surface area contributed by atoms with Crippen LogP contribution in [0.4, 0.5) is 0 Å². The van der Waals surface area contributed by atoms with Crippen molar-refractivity contribution in [2.75, 3.05) is 13.7 Å². The highest BCUT2D eigenvalue weighted by Gasteiger charge is 2.44. The minimum atomic E-state index is -1.56. The van der Waals surface area contributed by atoms with E-state index < -0.39 is 37.3 Å². The molecular formula is C19H20O10. The lowest BCUT2D eigenvalue weighted by atomic mass is 9.99. The third-order valence-corrected chi connectivity index (χ3v) is 4.90. The summed E-state index contributed by atoms with van der Waals surface area (Å²) in [5, 5.41) is 39.8. The topological polar surface area (TPSA) is 152 Å². The first kappa shape index (κ1) is 19.8. The maximum absolute atomic E-state index is 12.6. The predicted molar refractivity (Wildman–Crippen MR) is 97.4 cm³/mol. The Morgan fingerprint density at radius 2 is 1.90 bits per heavy atom. The molecule has 0 bridgehead atoms. The molecule has 1 fully saturated rings. The summed E-state index contributed by atoms with van der Waals surface area (Å²) in [6.45, 7) is -0.846. The van der Waals surface area contributed by atoms with Gasteiger partial charge in [0.05, 0.1) is 25.4 Å². The molecule has 2 aromatic heterocycles. The van der Waals surface area contributed by atoms with Crippen molar-refractivity contribution in [3.05, 3.63) is 40.4 Å². The maximum atomic E-state index is 12.6. The highest BCUT2D eigenvalue weighted by molar-refractivity contribution is 6.01.